The minimum Gasteiger partial charge on any atom is -0.472 e. The Morgan fingerprint density at radius 2 is 2.07 bits per heavy atom. The van der Waals surface area contributed by atoms with E-state index in [4.69, 9.17) is 17.0 Å². The van der Waals surface area contributed by atoms with Gasteiger partial charge in [0.1, 0.15) is 0 Å². The molecule has 0 fully saturated rings. The van der Waals surface area contributed by atoms with Crippen molar-refractivity contribution in [1.29, 1.82) is 0 Å². The predicted octanol–water partition coefficient (Wildman–Crippen LogP) is 2.47. The first-order valence-corrected chi connectivity index (χ1v) is 5.30. The molecule has 1 atom stereocenters. The van der Waals surface area contributed by atoms with Crippen LogP contribution in [0.2, 0.25) is 0 Å². The molecule has 0 radical (unpaired) electrons. The van der Waals surface area contributed by atoms with Crippen LogP contribution in [0, 0.1) is 0 Å². The summed E-state index contributed by atoms with van der Waals surface area (Å²) in [6.45, 7) is 3.76. The zero-order valence-electron chi connectivity index (χ0n) is 9.04. The smallest absolute Gasteiger partial charge is 0.346 e. The lowest BCUT2D eigenvalue weighted by molar-refractivity contribution is -0.148. The molecule has 0 aromatic carbocycles. The van der Waals surface area contributed by atoms with Gasteiger partial charge in [-0.2, -0.15) is 0 Å². The lowest BCUT2D eigenvalue weighted by Gasteiger charge is -2.12. The van der Waals surface area contributed by atoms with Crippen LogP contribution in [0.4, 0.5) is 0 Å². The topological polar surface area (TPSA) is 35.5 Å². The molecular formula is C10H18O3S. The van der Waals surface area contributed by atoms with E-state index < -0.39 is 6.10 Å². The Kier molecular flexibility index (Phi) is 7.38. The molecular weight excluding hydrogens is 200 g/mol. The minimum absolute atomic E-state index is 0.386. The van der Waals surface area contributed by atoms with Crippen LogP contribution in [0.1, 0.15) is 39.5 Å². The first-order valence-electron chi connectivity index (χ1n) is 4.89. The van der Waals surface area contributed by atoms with Gasteiger partial charge < -0.3 is 9.47 Å². The number of esters is 1. The molecule has 0 aliphatic heterocycles. The van der Waals surface area contributed by atoms with Crippen LogP contribution in [0.15, 0.2) is 0 Å². The van der Waals surface area contributed by atoms with Gasteiger partial charge in [-0.3, -0.25) is 0 Å². The van der Waals surface area contributed by atoms with E-state index in [9.17, 15) is 4.79 Å². The van der Waals surface area contributed by atoms with E-state index in [2.05, 4.69) is 11.7 Å². The highest BCUT2D eigenvalue weighted by molar-refractivity contribution is 7.80. The molecule has 0 aliphatic carbocycles. The van der Waals surface area contributed by atoms with E-state index in [1.807, 2.05) is 0 Å². The summed E-state index contributed by atoms with van der Waals surface area (Å²) < 4.78 is 9.72. The normalized spacial score (nSPS) is 11.9. The summed E-state index contributed by atoms with van der Waals surface area (Å²) in [5.74, 6) is -0.386. The molecule has 0 rings (SSSR count). The minimum atomic E-state index is -0.589. The van der Waals surface area contributed by atoms with E-state index in [1.165, 1.54) is 7.11 Å². The van der Waals surface area contributed by atoms with Crippen LogP contribution in [-0.2, 0) is 14.3 Å². The van der Waals surface area contributed by atoms with Gasteiger partial charge in [0.2, 0.25) is 0 Å². The third-order valence-corrected chi connectivity index (χ3v) is 2.13. The summed E-state index contributed by atoms with van der Waals surface area (Å²) in [5, 5.41) is 0.497. The lowest BCUT2D eigenvalue weighted by atomic mass is 10.2. The highest BCUT2D eigenvalue weighted by Gasteiger charge is 2.15. The zero-order valence-corrected chi connectivity index (χ0v) is 9.86. The second-order valence-corrected chi connectivity index (χ2v) is 3.57. The standard InChI is InChI=1S/C10H18O3S/c1-4-5-6-7-9(14)13-8(2)10(11)12-3/h8H,4-7H2,1-3H3. The Morgan fingerprint density at radius 1 is 1.43 bits per heavy atom. The fourth-order valence-corrected chi connectivity index (χ4v) is 1.28. The van der Waals surface area contributed by atoms with Gasteiger partial charge in [-0.15, -0.1) is 0 Å². The first kappa shape index (κ1) is 13.4. The van der Waals surface area contributed by atoms with Gasteiger partial charge in [0, 0.05) is 6.42 Å². The highest BCUT2D eigenvalue weighted by Crippen LogP contribution is 2.05. The summed E-state index contributed by atoms with van der Waals surface area (Å²) in [6.07, 6.45) is 3.45. The zero-order chi connectivity index (χ0) is 11.0. The van der Waals surface area contributed by atoms with Crippen molar-refractivity contribution in [2.24, 2.45) is 0 Å². The Labute approximate surface area is 90.8 Å². The largest absolute Gasteiger partial charge is 0.472 e. The van der Waals surface area contributed by atoms with Crippen LogP contribution < -0.4 is 0 Å². The number of ether oxygens (including phenoxy) is 2. The summed E-state index contributed by atoms with van der Waals surface area (Å²) in [6, 6.07) is 0. The van der Waals surface area contributed by atoms with Crippen molar-refractivity contribution < 1.29 is 14.3 Å². The average Bonchev–Trinajstić information content (AvgIpc) is 2.16. The third kappa shape index (κ3) is 5.91. The Hall–Kier alpha value is -0.640. The van der Waals surface area contributed by atoms with Crippen LogP contribution in [0.25, 0.3) is 0 Å². The van der Waals surface area contributed by atoms with Crippen molar-refractivity contribution in [1.82, 2.24) is 0 Å². The van der Waals surface area contributed by atoms with Crippen molar-refractivity contribution >= 4 is 23.2 Å². The van der Waals surface area contributed by atoms with E-state index in [-0.39, 0.29) is 5.97 Å². The maximum Gasteiger partial charge on any atom is 0.346 e. The van der Waals surface area contributed by atoms with Crippen molar-refractivity contribution in [2.45, 2.75) is 45.6 Å². The van der Waals surface area contributed by atoms with Crippen LogP contribution in [0.3, 0.4) is 0 Å². The number of carbonyl (C=O) groups is 1. The molecule has 3 nitrogen and oxygen atoms in total. The van der Waals surface area contributed by atoms with Gasteiger partial charge >= 0.3 is 5.97 Å². The van der Waals surface area contributed by atoms with Gasteiger partial charge in [-0.1, -0.05) is 19.8 Å². The number of methoxy groups -OCH3 is 1. The molecule has 0 aromatic rings. The maximum atomic E-state index is 11.0. The van der Waals surface area contributed by atoms with Crippen molar-refractivity contribution in [2.75, 3.05) is 7.11 Å². The van der Waals surface area contributed by atoms with Crippen molar-refractivity contribution in [3.05, 3.63) is 0 Å². The van der Waals surface area contributed by atoms with Crippen LogP contribution in [0.5, 0.6) is 0 Å². The molecule has 0 bridgehead atoms. The summed E-state index contributed by atoms with van der Waals surface area (Å²) in [5.41, 5.74) is 0. The second-order valence-electron chi connectivity index (χ2n) is 3.11. The number of carbonyl (C=O) groups excluding carboxylic acids is 1. The van der Waals surface area contributed by atoms with E-state index in [0.29, 0.717) is 5.05 Å². The quantitative estimate of drug-likeness (QED) is 0.390. The molecule has 1 unspecified atom stereocenters. The highest BCUT2D eigenvalue weighted by atomic mass is 32.1. The van der Waals surface area contributed by atoms with Gasteiger partial charge in [-0.25, -0.2) is 4.79 Å². The molecule has 0 aromatic heterocycles. The molecule has 4 heteroatoms. The average molecular weight is 218 g/mol. The molecule has 0 aliphatic rings. The predicted molar refractivity (Wildman–Crippen MR) is 59.3 cm³/mol. The number of hydrogen-bond donors (Lipinski definition) is 0. The molecule has 82 valence electrons. The Morgan fingerprint density at radius 3 is 2.57 bits per heavy atom. The molecule has 0 N–H and O–H groups in total. The van der Waals surface area contributed by atoms with E-state index in [1.54, 1.807) is 6.92 Å². The monoisotopic (exact) mass is 218 g/mol. The van der Waals surface area contributed by atoms with Gasteiger partial charge in [-0.05, 0) is 25.6 Å². The SMILES string of the molecule is CCCCCC(=S)OC(C)C(=O)OC. The maximum absolute atomic E-state index is 11.0. The number of thiocarbonyl (C=S) groups is 1. The van der Waals surface area contributed by atoms with Crippen LogP contribution >= 0.6 is 12.2 Å². The molecule has 0 amide bonds. The summed E-state index contributed by atoms with van der Waals surface area (Å²) >= 11 is 4.98. The van der Waals surface area contributed by atoms with Gasteiger partial charge in [0.05, 0.1) is 7.11 Å². The van der Waals surface area contributed by atoms with E-state index in [0.717, 1.165) is 25.7 Å². The van der Waals surface area contributed by atoms with Gasteiger partial charge in [0.15, 0.2) is 11.2 Å². The lowest BCUT2D eigenvalue weighted by Crippen LogP contribution is -2.24. The van der Waals surface area contributed by atoms with Crippen LogP contribution in [-0.4, -0.2) is 24.2 Å². The third-order valence-electron chi connectivity index (χ3n) is 1.83. The second kappa shape index (κ2) is 7.74. The fourth-order valence-electron chi connectivity index (χ4n) is 0.990. The van der Waals surface area contributed by atoms with Gasteiger partial charge in [0.25, 0.3) is 0 Å². The van der Waals surface area contributed by atoms with Crippen molar-refractivity contribution in [3.63, 3.8) is 0 Å². The van der Waals surface area contributed by atoms with E-state index >= 15 is 0 Å². The molecule has 0 spiro atoms. The molecule has 0 saturated carbocycles. The number of rotatable bonds is 6. The Balaban J connectivity index is 3.65. The first-order chi connectivity index (χ1) is 6.61. The fraction of sp³-hybridized carbons (Fsp3) is 0.800. The summed E-state index contributed by atoms with van der Waals surface area (Å²) in [4.78, 5) is 11.0. The molecule has 0 saturated heterocycles. The molecule has 0 heterocycles. The Bertz CT molecular complexity index is 192. The number of hydrogen-bond acceptors (Lipinski definition) is 4. The van der Waals surface area contributed by atoms with Crippen molar-refractivity contribution in [3.8, 4) is 0 Å². The number of unbranched alkanes of at least 4 members (excludes halogenated alkanes) is 2. The summed E-state index contributed by atoms with van der Waals surface area (Å²) in [7, 11) is 1.34. The molecule has 14 heavy (non-hydrogen) atoms.